The lowest BCUT2D eigenvalue weighted by molar-refractivity contribution is 0.340. The summed E-state index contributed by atoms with van der Waals surface area (Å²) in [5.41, 5.74) is 0.958. The molecule has 5 heteroatoms. The van der Waals surface area contributed by atoms with Crippen molar-refractivity contribution in [1.29, 1.82) is 0 Å². The third-order valence-electron chi connectivity index (χ3n) is 3.35. The number of sulfonamides is 1. The minimum absolute atomic E-state index is 0.238. The zero-order valence-electron chi connectivity index (χ0n) is 12.8. The highest BCUT2D eigenvalue weighted by atomic mass is 32.2. The fraction of sp³-hybridized carbons (Fsp3) is 0.294. The van der Waals surface area contributed by atoms with E-state index in [0.717, 1.165) is 5.56 Å². The van der Waals surface area contributed by atoms with Gasteiger partial charge in [-0.05, 0) is 43.2 Å². The van der Waals surface area contributed by atoms with Gasteiger partial charge in [0.25, 0.3) is 0 Å². The Hall–Kier alpha value is -1.85. The number of rotatable bonds is 7. The van der Waals surface area contributed by atoms with E-state index in [4.69, 9.17) is 4.74 Å². The van der Waals surface area contributed by atoms with Crippen molar-refractivity contribution < 1.29 is 13.2 Å². The largest absolute Gasteiger partial charge is 0.494 e. The van der Waals surface area contributed by atoms with E-state index in [1.807, 2.05) is 44.2 Å². The van der Waals surface area contributed by atoms with E-state index in [1.165, 1.54) is 0 Å². The number of hydrogen-bond acceptors (Lipinski definition) is 3. The Balaban J connectivity index is 2.19. The van der Waals surface area contributed by atoms with Gasteiger partial charge in [-0.2, -0.15) is 0 Å². The number of hydrogen-bond donors (Lipinski definition) is 1. The van der Waals surface area contributed by atoms with Gasteiger partial charge in [-0.15, -0.1) is 0 Å². The second kappa shape index (κ2) is 7.42. The predicted molar refractivity (Wildman–Crippen MR) is 87.4 cm³/mol. The first-order valence-corrected chi connectivity index (χ1v) is 8.85. The maximum absolute atomic E-state index is 12.5. The van der Waals surface area contributed by atoms with Crippen LogP contribution >= 0.6 is 0 Å². The van der Waals surface area contributed by atoms with Gasteiger partial charge < -0.3 is 4.74 Å². The molecule has 0 amide bonds. The maximum atomic E-state index is 12.5. The third-order valence-corrected chi connectivity index (χ3v) is 4.84. The average Bonchev–Trinajstić information content (AvgIpc) is 2.54. The summed E-state index contributed by atoms with van der Waals surface area (Å²) in [6, 6.07) is 15.8. The van der Waals surface area contributed by atoms with Crippen molar-refractivity contribution in [3.63, 3.8) is 0 Å². The molecule has 2 rings (SSSR count). The molecule has 118 valence electrons. The van der Waals surface area contributed by atoms with Crippen LogP contribution in [0.5, 0.6) is 5.75 Å². The summed E-state index contributed by atoms with van der Waals surface area (Å²) in [5, 5.41) is 0. The minimum atomic E-state index is -3.56. The molecule has 0 spiro atoms. The zero-order chi connectivity index (χ0) is 16.0. The summed E-state index contributed by atoms with van der Waals surface area (Å²) in [5.74, 6) is 0.663. The van der Waals surface area contributed by atoms with Crippen LogP contribution in [0.25, 0.3) is 0 Å². The van der Waals surface area contributed by atoms with Crippen molar-refractivity contribution in [2.75, 3.05) is 6.61 Å². The van der Waals surface area contributed by atoms with Crippen LogP contribution < -0.4 is 9.46 Å². The molecule has 0 unspecified atom stereocenters. The molecule has 0 bridgehead atoms. The topological polar surface area (TPSA) is 55.4 Å². The molecule has 0 aromatic heterocycles. The van der Waals surface area contributed by atoms with E-state index < -0.39 is 10.0 Å². The van der Waals surface area contributed by atoms with Crippen molar-refractivity contribution in [3.05, 3.63) is 60.2 Å². The summed E-state index contributed by atoms with van der Waals surface area (Å²) in [4.78, 5) is 0.241. The first kappa shape index (κ1) is 16.5. The molecule has 22 heavy (non-hydrogen) atoms. The number of ether oxygens (including phenoxy) is 1. The molecule has 0 radical (unpaired) electrons. The Labute approximate surface area is 132 Å². The molecule has 0 heterocycles. The van der Waals surface area contributed by atoms with Crippen molar-refractivity contribution in [2.24, 2.45) is 0 Å². The lowest BCUT2D eigenvalue weighted by Crippen LogP contribution is -2.28. The van der Waals surface area contributed by atoms with Gasteiger partial charge in [0.05, 0.1) is 11.5 Å². The molecule has 1 atom stereocenters. The Bertz CT molecular complexity index is 682. The highest BCUT2D eigenvalue weighted by molar-refractivity contribution is 7.89. The van der Waals surface area contributed by atoms with Crippen LogP contribution in [0.1, 0.15) is 31.9 Å². The standard InChI is InChI=1S/C17H21NO3S/c1-3-17(14-8-6-5-7-9-14)18-22(19,20)16-12-10-15(11-13-16)21-4-2/h5-13,17-18H,3-4H2,1-2H3/t17-/m1/s1. The third kappa shape index (κ3) is 4.08. The quantitative estimate of drug-likeness (QED) is 0.849. The molecule has 4 nitrogen and oxygen atoms in total. The van der Waals surface area contributed by atoms with E-state index >= 15 is 0 Å². The first-order valence-electron chi connectivity index (χ1n) is 7.37. The number of benzene rings is 2. The average molecular weight is 319 g/mol. The van der Waals surface area contributed by atoms with Crippen LogP contribution in [-0.2, 0) is 10.0 Å². The van der Waals surface area contributed by atoms with Gasteiger partial charge in [0.15, 0.2) is 0 Å². The van der Waals surface area contributed by atoms with Gasteiger partial charge in [-0.25, -0.2) is 13.1 Å². The van der Waals surface area contributed by atoms with Crippen LogP contribution in [-0.4, -0.2) is 15.0 Å². The van der Waals surface area contributed by atoms with Gasteiger partial charge >= 0.3 is 0 Å². The van der Waals surface area contributed by atoms with Crippen LogP contribution in [0.3, 0.4) is 0 Å². The van der Waals surface area contributed by atoms with Crippen molar-refractivity contribution in [1.82, 2.24) is 4.72 Å². The molecule has 0 saturated carbocycles. The molecule has 1 N–H and O–H groups in total. The van der Waals surface area contributed by atoms with Crippen molar-refractivity contribution in [2.45, 2.75) is 31.2 Å². The number of nitrogens with one attached hydrogen (secondary N) is 1. The smallest absolute Gasteiger partial charge is 0.241 e. The highest BCUT2D eigenvalue weighted by Gasteiger charge is 2.20. The van der Waals surface area contributed by atoms with Gasteiger partial charge in [0, 0.05) is 6.04 Å². The Morgan fingerprint density at radius 3 is 2.18 bits per heavy atom. The fourth-order valence-electron chi connectivity index (χ4n) is 2.21. The summed E-state index contributed by atoms with van der Waals surface area (Å²) in [6.45, 7) is 4.40. The molecule has 0 aliphatic rings. The molecule has 0 saturated heterocycles. The van der Waals surface area contributed by atoms with Gasteiger partial charge in [-0.1, -0.05) is 37.3 Å². The lowest BCUT2D eigenvalue weighted by atomic mass is 10.1. The van der Waals surface area contributed by atoms with Gasteiger partial charge in [0.1, 0.15) is 5.75 Å². The van der Waals surface area contributed by atoms with Gasteiger partial charge in [0.2, 0.25) is 10.0 Å². The highest BCUT2D eigenvalue weighted by Crippen LogP contribution is 2.21. The van der Waals surface area contributed by atoms with E-state index in [2.05, 4.69) is 4.72 Å². The van der Waals surface area contributed by atoms with Crippen LogP contribution in [0.15, 0.2) is 59.5 Å². The molecule has 0 aliphatic carbocycles. The monoisotopic (exact) mass is 319 g/mol. The van der Waals surface area contributed by atoms with Crippen LogP contribution in [0.2, 0.25) is 0 Å². The van der Waals surface area contributed by atoms with Crippen LogP contribution in [0.4, 0.5) is 0 Å². The Morgan fingerprint density at radius 2 is 1.64 bits per heavy atom. The normalized spacial score (nSPS) is 12.8. The molecular formula is C17H21NO3S. The minimum Gasteiger partial charge on any atom is -0.494 e. The summed E-state index contributed by atoms with van der Waals surface area (Å²) in [7, 11) is -3.56. The Kier molecular flexibility index (Phi) is 5.57. The second-order valence-corrected chi connectivity index (χ2v) is 6.61. The van der Waals surface area contributed by atoms with Crippen molar-refractivity contribution >= 4 is 10.0 Å². The second-order valence-electron chi connectivity index (χ2n) is 4.90. The zero-order valence-corrected chi connectivity index (χ0v) is 13.6. The van der Waals surface area contributed by atoms with Gasteiger partial charge in [-0.3, -0.25) is 0 Å². The maximum Gasteiger partial charge on any atom is 0.241 e. The van der Waals surface area contributed by atoms with E-state index in [1.54, 1.807) is 24.3 Å². The molecule has 2 aromatic rings. The molecule has 0 fully saturated rings. The molecular weight excluding hydrogens is 298 g/mol. The molecule has 2 aromatic carbocycles. The van der Waals surface area contributed by atoms with Crippen molar-refractivity contribution in [3.8, 4) is 5.75 Å². The lowest BCUT2D eigenvalue weighted by Gasteiger charge is -2.17. The summed E-state index contributed by atoms with van der Waals surface area (Å²) in [6.07, 6.45) is 0.681. The molecule has 0 aliphatic heterocycles. The Morgan fingerprint density at radius 1 is 1.00 bits per heavy atom. The first-order chi connectivity index (χ1) is 10.6. The SMILES string of the molecule is CCOc1ccc(S(=O)(=O)N[C@H](CC)c2ccccc2)cc1. The summed E-state index contributed by atoms with van der Waals surface area (Å²) >= 11 is 0. The van der Waals surface area contributed by atoms with E-state index in [0.29, 0.717) is 18.8 Å². The fourth-order valence-corrected chi connectivity index (χ4v) is 3.52. The van der Waals surface area contributed by atoms with E-state index in [9.17, 15) is 8.42 Å². The predicted octanol–water partition coefficient (Wildman–Crippen LogP) is 3.51. The van der Waals surface area contributed by atoms with E-state index in [-0.39, 0.29) is 10.9 Å². The van der Waals surface area contributed by atoms with Crippen LogP contribution in [0, 0.1) is 0 Å². The summed E-state index contributed by atoms with van der Waals surface area (Å²) < 4.78 is 33.1.